The molecular formula is C34H37N3O4S. The minimum absolute atomic E-state index is 0.0626. The molecule has 0 aliphatic carbocycles. The Kier molecular flexibility index (Phi) is 8.83. The molecule has 8 heteroatoms. The summed E-state index contributed by atoms with van der Waals surface area (Å²) in [6.45, 7) is 9.12. The van der Waals surface area contributed by atoms with Crippen LogP contribution in [0.15, 0.2) is 102 Å². The summed E-state index contributed by atoms with van der Waals surface area (Å²) in [5, 5.41) is 0. The van der Waals surface area contributed by atoms with E-state index < -0.39 is 10.0 Å². The van der Waals surface area contributed by atoms with Crippen molar-refractivity contribution in [2.75, 3.05) is 42.0 Å². The van der Waals surface area contributed by atoms with Crippen LogP contribution >= 0.6 is 0 Å². The zero-order chi connectivity index (χ0) is 29.7. The average molecular weight is 584 g/mol. The van der Waals surface area contributed by atoms with Crippen LogP contribution < -0.4 is 13.9 Å². The Labute approximate surface area is 249 Å². The van der Waals surface area contributed by atoms with Crippen LogP contribution in [0.3, 0.4) is 0 Å². The van der Waals surface area contributed by atoms with Crippen LogP contribution in [0.5, 0.6) is 5.75 Å². The Morgan fingerprint density at radius 2 is 1.45 bits per heavy atom. The third kappa shape index (κ3) is 6.60. The van der Waals surface area contributed by atoms with E-state index in [4.69, 9.17) is 4.74 Å². The SMILES string of the molecule is Cc1ccc(S(=O)(=O)N(Cc2ccccc2)c2ccc(OCC(=O)N3CCN(c4cccc(C)c4C)CC3)cc2)cc1. The maximum atomic E-state index is 13.7. The molecule has 0 N–H and O–H groups in total. The Hall–Kier alpha value is -4.30. The number of anilines is 2. The Morgan fingerprint density at radius 3 is 2.12 bits per heavy atom. The number of sulfonamides is 1. The lowest BCUT2D eigenvalue weighted by Gasteiger charge is -2.37. The van der Waals surface area contributed by atoms with Crippen LogP contribution in [0.1, 0.15) is 22.3 Å². The van der Waals surface area contributed by atoms with Crippen LogP contribution in [0, 0.1) is 20.8 Å². The average Bonchev–Trinajstić information content (AvgIpc) is 3.01. The van der Waals surface area contributed by atoms with E-state index in [-0.39, 0.29) is 24.0 Å². The quantitative estimate of drug-likeness (QED) is 0.252. The van der Waals surface area contributed by atoms with Crippen LogP contribution in [-0.2, 0) is 21.4 Å². The molecule has 1 heterocycles. The van der Waals surface area contributed by atoms with Crippen molar-refractivity contribution >= 4 is 27.3 Å². The number of carbonyl (C=O) groups excluding carboxylic acids is 1. The van der Waals surface area contributed by atoms with E-state index in [1.807, 2.05) is 42.2 Å². The fourth-order valence-corrected chi connectivity index (χ4v) is 6.57. The first-order valence-corrected chi connectivity index (χ1v) is 15.6. The number of amides is 1. The van der Waals surface area contributed by atoms with Crippen molar-refractivity contribution in [3.63, 3.8) is 0 Å². The van der Waals surface area contributed by atoms with Gasteiger partial charge in [-0.15, -0.1) is 0 Å². The zero-order valence-electron chi connectivity index (χ0n) is 24.4. The van der Waals surface area contributed by atoms with E-state index in [1.165, 1.54) is 21.1 Å². The third-order valence-corrected chi connectivity index (χ3v) is 9.60. The first-order valence-electron chi connectivity index (χ1n) is 14.2. The van der Waals surface area contributed by atoms with Crippen LogP contribution in [0.2, 0.25) is 0 Å². The van der Waals surface area contributed by atoms with Crippen molar-refractivity contribution in [3.8, 4) is 5.75 Å². The summed E-state index contributed by atoms with van der Waals surface area (Å²) in [4.78, 5) is 17.3. The van der Waals surface area contributed by atoms with Crippen molar-refractivity contribution in [1.82, 2.24) is 4.90 Å². The van der Waals surface area contributed by atoms with Gasteiger partial charge in [0, 0.05) is 31.9 Å². The van der Waals surface area contributed by atoms with Gasteiger partial charge in [0.2, 0.25) is 0 Å². The first kappa shape index (κ1) is 29.2. The second kappa shape index (κ2) is 12.7. The number of aryl methyl sites for hydroxylation is 2. The molecule has 0 unspecified atom stereocenters. The summed E-state index contributed by atoms with van der Waals surface area (Å²) < 4.78 is 34.7. The first-order chi connectivity index (χ1) is 20.2. The number of piperazine rings is 1. The topological polar surface area (TPSA) is 70.2 Å². The molecule has 0 radical (unpaired) electrons. The van der Waals surface area contributed by atoms with Gasteiger partial charge in [0.1, 0.15) is 5.75 Å². The summed E-state index contributed by atoms with van der Waals surface area (Å²) >= 11 is 0. The molecule has 5 rings (SSSR count). The molecule has 0 aromatic heterocycles. The molecule has 0 saturated carbocycles. The van der Waals surface area contributed by atoms with Gasteiger partial charge in [0.25, 0.3) is 15.9 Å². The van der Waals surface area contributed by atoms with Crippen LogP contribution in [0.25, 0.3) is 0 Å². The predicted molar refractivity (Wildman–Crippen MR) is 168 cm³/mol. The maximum Gasteiger partial charge on any atom is 0.264 e. The standard InChI is InChI=1S/C34H37N3O4S/c1-26-12-18-32(19-13-26)42(39,40)37(24-29-9-5-4-6-10-29)30-14-16-31(17-15-30)41-25-34(38)36-22-20-35(21-23-36)33-11-7-8-27(2)28(33)3/h4-19H,20-25H2,1-3H3. The monoisotopic (exact) mass is 583 g/mol. The lowest BCUT2D eigenvalue weighted by molar-refractivity contribution is -0.133. The molecule has 4 aromatic rings. The van der Waals surface area contributed by atoms with Crippen molar-refractivity contribution in [2.24, 2.45) is 0 Å². The van der Waals surface area contributed by atoms with Crippen LogP contribution in [-0.4, -0.2) is 52.0 Å². The van der Waals surface area contributed by atoms with Gasteiger partial charge in [0.15, 0.2) is 6.61 Å². The van der Waals surface area contributed by atoms with Gasteiger partial charge < -0.3 is 14.5 Å². The van der Waals surface area contributed by atoms with E-state index in [9.17, 15) is 13.2 Å². The highest BCUT2D eigenvalue weighted by Crippen LogP contribution is 2.28. The second-order valence-corrected chi connectivity index (χ2v) is 12.5. The van der Waals surface area contributed by atoms with E-state index in [0.717, 1.165) is 24.2 Å². The maximum absolute atomic E-state index is 13.7. The van der Waals surface area contributed by atoms with Crippen molar-refractivity contribution in [2.45, 2.75) is 32.2 Å². The van der Waals surface area contributed by atoms with E-state index >= 15 is 0 Å². The van der Waals surface area contributed by atoms with Gasteiger partial charge in [0.05, 0.1) is 17.1 Å². The summed E-state index contributed by atoms with van der Waals surface area (Å²) in [6.07, 6.45) is 0. The summed E-state index contributed by atoms with van der Waals surface area (Å²) in [7, 11) is -3.82. The molecule has 0 bridgehead atoms. The van der Waals surface area contributed by atoms with Gasteiger partial charge in [-0.05, 0) is 79.9 Å². The Bertz CT molecular complexity index is 1610. The zero-order valence-corrected chi connectivity index (χ0v) is 25.2. The second-order valence-electron chi connectivity index (χ2n) is 10.7. The number of hydrogen-bond acceptors (Lipinski definition) is 5. The Balaban J connectivity index is 1.23. The molecule has 1 aliphatic rings. The number of ether oxygens (including phenoxy) is 1. The Morgan fingerprint density at radius 1 is 0.786 bits per heavy atom. The molecule has 1 aliphatic heterocycles. The van der Waals surface area contributed by atoms with Gasteiger partial charge in [-0.2, -0.15) is 0 Å². The minimum Gasteiger partial charge on any atom is -0.484 e. The fraction of sp³-hybridized carbons (Fsp3) is 0.265. The highest BCUT2D eigenvalue weighted by Gasteiger charge is 2.26. The molecule has 0 atom stereocenters. The molecule has 1 amide bonds. The number of nitrogens with zero attached hydrogens (tertiary/aromatic N) is 3. The normalized spacial score (nSPS) is 13.6. The van der Waals surface area contributed by atoms with Gasteiger partial charge in [-0.3, -0.25) is 9.10 Å². The van der Waals surface area contributed by atoms with Crippen molar-refractivity contribution in [1.29, 1.82) is 0 Å². The molecule has 1 saturated heterocycles. The molecule has 1 fully saturated rings. The van der Waals surface area contributed by atoms with Crippen molar-refractivity contribution in [3.05, 3.63) is 119 Å². The minimum atomic E-state index is -3.82. The molecule has 4 aromatic carbocycles. The summed E-state index contributed by atoms with van der Waals surface area (Å²) in [5.41, 5.74) is 6.14. The fourth-order valence-electron chi connectivity index (χ4n) is 5.12. The van der Waals surface area contributed by atoms with E-state index in [1.54, 1.807) is 48.5 Å². The summed E-state index contributed by atoms with van der Waals surface area (Å²) in [5.74, 6) is 0.445. The largest absolute Gasteiger partial charge is 0.484 e. The van der Waals surface area contributed by atoms with E-state index in [2.05, 4.69) is 36.9 Å². The lowest BCUT2D eigenvalue weighted by atomic mass is 10.1. The van der Waals surface area contributed by atoms with Gasteiger partial charge in [-0.25, -0.2) is 8.42 Å². The number of hydrogen-bond donors (Lipinski definition) is 0. The van der Waals surface area contributed by atoms with E-state index in [0.29, 0.717) is 24.5 Å². The van der Waals surface area contributed by atoms with Crippen molar-refractivity contribution < 1.29 is 17.9 Å². The van der Waals surface area contributed by atoms with Gasteiger partial charge in [-0.1, -0.05) is 60.2 Å². The molecule has 42 heavy (non-hydrogen) atoms. The summed E-state index contributed by atoms with van der Waals surface area (Å²) in [6, 6.07) is 29.6. The molecule has 0 spiro atoms. The highest BCUT2D eigenvalue weighted by molar-refractivity contribution is 7.92. The lowest BCUT2D eigenvalue weighted by Crippen LogP contribution is -2.50. The molecule has 218 valence electrons. The molecular weight excluding hydrogens is 546 g/mol. The smallest absolute Gasteiger partial charge is 0.264 e. The third-order valence-electron chi connectivity index (χ3n) is 7.81. The number of rotatable bonds is 9. The highest BCUT2D eigenvalue weighted by atomic mass is 32.2. The van der Waals surface area contributed by atoms with Gasteiger partial charge >= 0.3 is 0 Å². The predicted octanol–water partition coefficient (Wildman–Crippen LogP) is 5.73. The molecule has 7 nitrogen and oxygen atoms in total. The number of benzene rings is 4. The van der Waals surface area contributed by atoms with Crippen LogP contribution in [0.4, 0.5) is 11.4 Å². The number of carbonyl (C=O) groups is 1.